The molecule has 1 amide bonds. The Morgan fingerprint density at radius 2 is 2.12 bits per heavy atom. The van der Waals surface area contributed by atoms with Gasteiger partial charge in [0.1, 0.15) is 5.25 Å². The fourth-order valence-corrected chi connectivity index (χ4v) is 3.39. The molecule has 0 aliphatic rings. The third-order valence-electron chi connectivity index (χ3n) is 2.18. The lowest BCUT2D eigenvalue weighted by Gasteiger charge is -2.11. The van der Waals surface area contributed by atoms with Gasteiger partial charge < -0.3 is 5.73 Å². The van der Waals surface area contributed by atoms with Crippen LogP contribution in [-0.2, 0) is 4.79 Å². The van der Waals surface area contributed by atoms with Crippen LogP contribution < -0.4 is 5.73 Å². The third-order valence-corrected chi connectivity index (χ3v) is 4.54. The molecule has 2 N–H and O–H groups in total. The van der Waals surface area contributed by atoms with E-state index in [9.17, 15) is 4.79 Å². The second-order valence-electron chi connectivity index (χ2n) is 3.57. The quantitative estimate of drug-likeness (QED) is 0.864. The number of nitrogens with two attached hydrogens (primary N) is 1. The summed E-state index contributed by atoms with van der Waals surface area (Å²) in [6, 6.07) is 9.53. The number of benzene rings is 1. The van der Waals surface area contributed by atoms with Crippen LogP contribution in [0.3, 0.4) is 0 Å². The van der Waals surface area contributed by atoms with E-state index in [2.05, 4.69) is 4.98 Å². The SMILES string of the molecule is Cc1csc(SC(C(N)=O)c2ccccc2)n1. The van der Waals surface area contributed by atoms with Gasteiger partial charge in [0.05, 0.1) is 0 Å². The molecule has 0 spiro atoms. The first-order chi connectivity index (χ1) is 8.16. The number of primary amides is 1. The van der Waals surface area contributed by atoms with Crippen molar-refractivity contribution in [3.63, 3.8) is 0 Å². The molecule has 0 aliphatic carbocycles. The highest BCUT2D eigenvalue weighted by Gasteiger charge is 2.20. The van der Waals surface area contributed by atoms with Gasteiger partial charge in [-0.25, -0.2) is 4.98 Å². The topological polar surface area (TPSA) is 56.0 Å². The molecule has 1 unspecified atom stereocenters. The van der Waals surface area contributed by atoms with Crippen LogP contribution in [0.1, 0.15) is 16.5 Å². The lowest BCUT2D eigenvalue weighted by atomic mass is 10.1. The molecule has 3 nitrogen and oxygen atoms in total. The van der Waals surface area contributed by atoms with Crippen molar-refractivity contribution in [1.82, 2.24) is 4.98 Å². The summed E-state index contributed by atoms with van der Waals surface area (Å²) in [7, 11) is 0. The van der Waals surface area contributed by atoms with E-state index in [1.54, 1.807) is 0 Å². The molecule has 88 valence electrons. The highest BCUT2D eigenvalue weighted by atomic mass is 32.2. The second kappa shape index (κ2) is 5.33. The smallest absolute Gasteiger partial charge is 0.235 e. The summed E-state index contributed by atoms with van der Waals surface area (Å²) in [5.74, 6) is -0.339. The number of carbonyl (C=O) groups is 1. The normalized spacial score (nSPS) is 12.3. The number of thiazole rings is 1. The van der Waals surface area contributed by atoms with E-state index in [1.807, 2.05) is 42.6 Å². The van der Waals surface area contributed by atoms with E-state index in [4.69, 9.17) is 5.73 Å². The Morgan fingerprint density at radius 1 is 1.41 bits per heavy atom. The Morgan fingerprint density at radius 3 is 2.65 bits per heavy atom. The Balaban J connectivity index is 2.22. The van der Waals surface area contributed by atoms with Crippen molar-refractivity contribution in [2.24, 2.45) is 5.73 Å². The maximum absolute atomic E-state index is 11.5. The molecule has 0 saturated heterocycles. The first-order valence-corrected chi connectivity index (χ1v) is 6.86. The van der Waals surface area contributed by atoms with Gasteiger partial charge in [-0.2, -0.15) is 0 Å². The van der Waals surface area contributed by atoms with Crippen LogP contribution in [0, 0.1) is 6.92 Å². The molecule has 0 fully saturated rings. The Kier molecular flexibility index (Phi) is 3.81. The lowest BCUT2D eigenvalue weighted by molar-refractivity contribution is -0.117. The number of aryl methyl sites for hydroxylation is 1. The van der Waals surface area contributed by atoms with Gasteiger partial charge in [-0.3, -0.25) is 4.79 Å². The zero-order valence-corrected chi connectivity index (χ0v) is 10.9. The van der Waals surface area contributed by atoms with Gasteiger partial charge in [0.2, 0.25) is 5.91 Å². The molecule has 2 rings (SSSR count). The van der Waals surface area contributed by atoms with Crippen LogP contribution in [-0.4, -0.2) is 10.9 Å². The van der Waals surface area contributed by atoms with E-state index in [-0.39, 0.29) is 11.2 Å². The van der Waals surface area contributed by atoms with Crippen LogP contribution in [0.25, 0.3) is 0 Å². The Bertz CT molecular complexity index is 510. The van der Waals surface area contributed by atoms with Gasteiger partial charge in [-0.15, -0.1) is 11.3 Å². The molecule has 0 radical (unpaired) electrons. The van der Waals surface area contributed by atoms with Crippen molar-refractivity contribution < 1.29 is 4.79 Å². The minimum Gasteiger partial charge on any atom is -0.368 e. The molecule has 1 heterocycles. The van der Waals surface area contributed by atoms with Crippen LogP contribution in [0.4, 0.5) is 0 Å². The number of hydrogen-bond acceptors (Lipinski definition) is 4. The van der Waals surface area contributed by atoms with Crippen molar-refractivity contribution in [3.8, 4) is 0 Å². The van der Waals surface area contributed by atoms with E-state index in [1.165, 1.54) is 23.1 Å². The van der Waals surface area contributed by atoms with Crippen molar-refractivity contribution in [3.05, 3.63) is 47.0 Å². The first-order valence-electron chi connectivity index (χ1n) is 5.10. The average Bonchev–Trinajstić information content (AvgIpc) is 2.73. The van der Waals surface area contributed by atoms with Crippen LogP contribution in [0.5, 0.6) is 0 Å². The molecular formula is C12H12N2OS2. The molecule has 1 atom stereocenters. The van der Waals surface area contributed by atoms with E-state index in [0.717, 1.165) is 15.6 Å². The lowest BCUT2D eigenvalue weighted by Crippen LogP contribution is -2.18. The standard InChI is InChI=1S/C12H12N2OS2/c1-8-7-16-12(14-8)17-10(11(13)15)9-5-3-2-4-6-9/h2-7,10H,1H3,(H2,13,15). The van der Waals surface area contributed by atoms with E-state index >= 15 is 0 Å². The molecular weight excluding hydrogens is 252 g/mol. The molecule has 17 heavy (non-hydrogen) atoms. The van der Waals surface area contributed by atoms with Crippen LogP contribution >= 0.6 is 23.1 Å². The zero-order chi connectivity index (χ0) is 12.3. The average molecular weight is 264 g/mol. The van der Waals surface area contributed by atoms with Gasteiger partial charge in [0.25, 0.3) is 0 Å². The minimum absolute atomic E-state index is 0.339. The first kappa shape index (κ1) is 12.1. The summed E-state index contributed by atoms with van der Waals surface area (Å²) in [6.45, 7) is 1.93. The maximum Gasteiger partial charge on any atom is 0.235 e. The van der Waals surface area contributed by atoms with Crippen molar-refractivity contribution in [1.29, 1.82) is 0 Å². The number of rotatable bonds is 4. The van der Waals surface area contributed by atoms with Crippen molar-refractivity contribution in [2.45, 2.75) is 16.5 Å². The summed E-state index contributed by atoms with van der Waals surface area (Å²) in [6.07, 6.45) is 0. The van der Waals surface area contributed by atoms with Crippen LogP contribution in [0.2, 0.25) is 0 Å². The Hall–Kier alpha value is -1.33. The summed E-state index contributed by atoms with van der Waals surface area (Å²) < 4.78 is 0.871. The molecule has 5 heteroatoms. The highest BCUT2D eigenvalue weighted by molar-refractivity contribution is 8.01. The predicted molar refractivity (Wildman–Crippen MR) is 71.1 cm³/mol. The van der Waals surface area contributed by atoms with Gasteiger partial charge >= 0.3 is 0 Å². The van der Waals surface area contributed by atoms with E-state index < -0.39 is 0 Å². The van der Waals surface area contributed by atoms with E-state index in [0.29, 0.717) is 0 Å². The minimum atomic E-state index is -0.373. The predicted octanol–water partition coefficient (Wildman–Crippen LogP) is 2.77. The fourth-order valence-electron chi connectivity index (χ4n) is 1.41. The second-order valence-corrected chi connectivity index (χ2v) is 5.78. The summed E-state index contributed by atoms with van der Waals surface area (Å²) in [4.78, 5) is 15.8. The monoisotopic (exact) mass is 264 g/mol. The van der Waals surface area contributed by atoms with Gasteiger partial charge in [-0.05, 0) is 12.5 Å². The number of thioether (sulfide) groups is 1. The summed E-state index contributed by atoms with van der Waals surface area (Å²) in [5.41, 5.74) is 7.32. The van der Waals surface area contributed by atoms with Crippen LogP contribution in [0.15, 0.2) is 40.1 Å². The van der Waals surface area contributed by atoms with Crippen molar-refractivity contribution in [2.75, 3.05) is 0 Å². The fraction of sp³-hybridized carbons (Fsp3) is 0.167. The van der Waals surface area contributed by atoms with Crippen molar-refractivity contribution >= 4 is 29.0 Å². The summed E-state index contributed by atoms with van der Waals surface area (Å²) in [5, 5.41) is 1.59. The largest absolute Gasteiger partial charge is 0.368 e. The molecule has 0 aliphatic heterocycles. The van der Waals surface area contributed by atoms with Gasteiger partial charge in [-0.1, -0.05) is 42.1 Å². The highest BCUT2D eigenvalue weighted by Crippen LogP contribution is 2.36. The number of aromatic nitrogens is 1. The molecule has 0 bridgehead atoms. The third kappa shape index (κ3) is 3.08. The number of hydrogen-bond donors (Lipinski definition) is 1. The number of carbonyl (C=O) groups excluding carboxylic acids is 1. The van der Waals surface area contributed by atoms with Gasteiger partial charge in [0, 0.05) is 11.1 Å². The Labute approximate surface area is 108 Å². The maximum atomic E-state index is 11.5. The summed E-state index contributed by atoms with van der Waals surface area (Å²) >= 11 is 2.94. The zero-order valence-electron chi connectivity index (χ0n) is 9.29. The molecule has 1 aromatic carbocycles. The molecule has 2 aromatic rings. The number of amides is 1. The van der Waals surface area contributed by atoms with Gasteiger partial charge in [0.15, 0.2) is 4.34 Å². The molecule has 0 saturated carbocycles. The molecule has 1 aromatic heterocycles. The number of nitrogens with zero attached hydrogens (tertiary/aromatic N) is 1.